The van der Waals surface area contributed by atoms with E-state index in [0.29, 0.717) is 17.6 Å². The average molecular weight is 326 g/mol. The molecule has 0 spiro atoms. The van der Waals surface area contributed by atoms with Crippen molar-refractivity contribution >= 4 is 0 Å². The highest BCUT2D eigenvalue weighted by Gasteiger charge is 2.19. The van der Waals surface area contributed by atoms with Gasteiger partial charge in [-0.3, -0.25) is 0 Å². The van der Waals surface area contributed by atoms with Gasteiger partial charge in [-0.1, -0.05) is 13.8 Å². The van der Waals surface area contributed by atoms with Gasteiger partial charge in [-0.15, -0.1) is 0 Å². The molecule has 0 aliphatic carbocycles. The van der Waals surface area contributed by atoms with Gasteiger partial charge in [0.05, 0.1) is 14.2 Å². The molecule has 0 unspecified atom stereocenters. The molecule has 7 heteroatoms. The van der Waals surface area contributed by atoms with Gasteiger partial charge in [-0.05, 0) is 11.6 Å². The van der Waals surface area contributed by atoms with Gasteiger partial charge in [0.2, 0.25) is 11.8 Å². The molecule has 0 saturated carbocycles. The highest BCUT2D eigenvalue weighted by molar-refractivity contribution is 5.35. The van der Waals surface area contributed by atoms with E-state index >= 15 is 0 Å². The molecule has 0 aliphatic heterocycles. The Bertz CT molecular complexity index is 721. The summed E-state index contributed by atoms with van der Waals surface area (Å²) in [6.07, 6.45) is -0.103. The number of aromatic nitrogens is 2. The lowest BCUT2D eigenvalue weighted by Crippen LogP contribution is -2.08. The molecule has 0 aliphatic rings. The van der Waals surface area contributed by atoms with E-state index in [1.807, 2.05) is 13.8 Å². The first-order valence-corrected chi connectivity index (χ1v) is 6.99. The summed E-state index contributed by atoms with van der Waals surface area (Å²) in [5.41, 5.74) is 0.827. The average Bonchev–Trinajstić information content (AvgIpc) is 2.51. The number of hydrogen-bond donors (Lipinski definition) is 0. The number of ether oxygens (including phenoxy) is 2. The third kappa shape index (κ3) is 3.55. The molecule has 0 saturated heterocycles. The molecule has 23 heavy (non-hydrogen) atoms. The summed E-state index contributed by atoms with van der Waals surface area (Å²) in [5.74, 6) is -2.70. The summed E-state index contributed by atoms with van der Waals surface area (Å²) in [7, 11) is 2.86. The van der Waals surface area contributed by atoms with E-state index in [4.69, 9.17) is 9.47 Å². The maximum Gasteiger partial charge on any atom is 0.236 e. The van der Waals surface area contributed by atoms with Crippen molar-refractivity contribution in [2.75, 3.05) is 14.2 Å². The molecule has 2 rings (SSSR count). The Balaban J connectivity index is 2.49. The van der Waals surface area contributed by atoms with E-state index in [1.165, 1.54) is 14.2 Å². The van der Waals surface area contributed by atoms with E-state index in [2.05, 4.69) is 9.97 Å². The third-order valence-corrected chi connectivity index (χ3v) is 3.31. The van der Waals surface area contributed by atoms with Gasteiger partial charge in [-0.25, -0.2) is 23.1 Å². The second kappa shape index (κ2) is 6.85. The number of nitrogens with zero attached hydrogens (tertiary/aromatic N) is 2. The van der Waals surface area contributed by atoms with Gasteiger partial charge in [-0.2, -0.15) is 0 Å². The van der Waals surface area contributed by atoms with Gasteiger partial charge in [0.1, 0.15) is 17.2 Å². The smallest absolute Gasteiger partial charge is 0.236 e. The second-order valence-corrected chi connectivity index (χ2v) is 5.26. The molecule has 4 nitrogen and oxygen atoms in total. The lowest BCUT2D eigenvalue weighted by atomic mass is 10.1. The Morgan fingerprint density at radius 1 is 0.913 bits per heavy atom. The Morgan fingerprint density at radius 3 is 2.09 bits per heavy atom. The molecule has 1 aromatic heterocycles. The molecule has 0 atom stereocenters. The van der Waals surface area contributed by atoms with Crippen LogP contribution in [0.15, 0.2) is 12.1 Å². The standard InChI is InChI=1S/C16H17F3N2O2/c1-8(2)14-16(23-4)20-13(15(21-14)22-3)6-9-5-11(18)12(19)7-10(9)17/h5,7-8H,6H2,1-4H3. The maximum absolute atomic E-state index is 13.8. The molecule has 0 amide bonds. The number of benzene rings is 1. The van der Waals surface area contributed by atoms with E-state index in [-0.39, 0.29) is 29.5 Å². The predicted molar refractivity (Wildman–Crippen MR) is 78.3 cm³/mol. The minimum absolute atomic E-state index is 0.0420. The normalized spacial score (nSPS) is 11.0. The van der Waals surface area contributed by atoms with E-state index in [0.717, 1.165) is 6.07 Å². The van der Waals surface area contributed by atoms with Crippen LogP contribution >= 0.6 is 0 Å². The zero-order chi connectivity index (χ0) is 17.1. The van der Waals surface area contributed by atoms with Crippen molar-refractivity contribution in [3.63, 3.8) is 0 Å². The van der Waals surface area contributed by atoms with Crippen LogP contribution in [0.5, 0.6) is 11.8 Å². The SMILES string of the molecule is COc1nc(C(C)C)c(OC)nc1Cc1cc(F)c(F)cc1F. The van der Waals surface area contributed by atoms with Crippen LogP contribution in [0.3, 0.4) is 0 Å². The van der Waals surface area contributed by atoms with Gasteiger partial charge in [0, 0.05) is 18.4 Å². The maximum atomic E-state index is 13.8. The van der Waals surface area contributed by atoms with Gasteiger partial charge in [0.25, 0.3) is 0 Å². The molecule has 0 bridgehead atoms. The lowest BCUT2D eigenvalue weighted by Gasteiger charge is -2.14. The Morgan fingerprint density at radius 2 is 1.52 bits per heavy atom. The van der Waals surface area contributed by atoms with Gasteiger partial charge >= 0.3 is 0 Å². The minimum Gasteiger partial charge on any atom is -0.480 e. The van der Waals surface area contributed by atoms with Crippen molar-refractivity contribution in [1.29, 1.82) is 0 Å². The zero-order valence-corrected chi connectivity index (χ0v) is 13.3. The molecular formula is C16H17F3N2O2. The molecule has 1 aromatic carbocycles. The molecule has 0 radical (unpaired) electrons. The first-order valence-electron chi connectivity index (χ1n) is 6.99. The van der Waals surface area contributed by atoms with Gasteiger partial charge < -0.3 is 9.47 Å². The van der Waals surface area contributed by atoms with Crippen molar-refractivity contribution in [2.45, 2.75) is 26.2 Å². The summed E-state index contributed by atoms with van der Waals surface area (Å²) in [5, 5.41) is 0. The van der Waals surface area contributed by atoms with Crippen LogP contribution in [0, 0.1) is 17.5 Å². The summed E-state index contributed by atoms with van der Waals surface area (Å²) < 4.78 is 50.5. The summed E-state index contributed by atoms with van der Waals surface area (Å²) in [6.45, 7) is 3.83. The quantitative estimate of drug-likeness (QED) is 0.787. The monoisotopic (exact) mass is 326 g/mol. The third-order valence-electron chi connectivity index (χ3n) is 3.31. The Labute approximate surface area is 132 Å². The fraction of sp³-hybridized carbons (Fsp3) is 0.375. The zero-order valence-electron chi connectivity index (χ0n) is 13.3. The van der Waals surface area contributed by atoms with E-state index < -0.39 is 17.5 Å². The van der Waals surface area contributed by atoms with Crippen LogP contribution in [0.25, 0.3) is 0 Å². The highest BCUT2D eigenvalue weighted by Crippen LogP contribution is 2.29. The predicted octanol–water partition coefficient (Wildman–Crippen LogP) is 3.63. The Kier molecular flexibility index (Phi) is 5.08. The summed E-state index contributed by atoms with van der Waals surface area (Å²) >= 11 is 0. The van der Waals surface area contributed by atoms with Crippen molar-refractivity contribution in [3.05, 3.63) is 46.5 Å². The van der Waals surface area contributed by atoms with Crippen LogP contribution in [0.2, 0.25) is 0 Å². The Hall–Kier alpha value is -2.31. The molecule has 1 heterocycles. The molecule has 124 valence electrons. The number of hydrogen-bond acceptors (Lipinski definition) is 4. The molecular weight excluding hydrogens is 309 g/mol. The fourth-order valence-corrected chi connectivity index (χ4v) is 2.13. The molecule has 2 aromatic rings. The lowest BCUT2D eigenvalue weighted by molar-refractivity contribution is 0.360. The second-order valence-electron chi connectivity index (χ2n) is 5.26. The van der Waals surface area contributed by atoms with Crippen molar-refractivity contribution in [3.8, 4) is 11.8 Å². The van der Waals surface area contributed by atoms with Crippen LogP contribution in [-0.2, 0) is 6.42 Å². The number of rotatable bonds is 5. The first-order chi connectivity index (χ1) is 10.9. The number of halogens is 3. The largest absolute Gasteiger partial charge is 0.480 e. The van der Waals surface area contributed by atoms with Crippen LogP contribution in [0.1, 0.15) is 36.7 Å². The summed E-state index contributed by atoms with van der Waals surface area (Å²) in [6, 6.07) is 1.30. The van der Waals surface area contributed by atoms with Crippen LogP contribution in [-0.4, -0.2) is 24.2 Å². The first kappa shape index (κ1) is 17.1. The van der Waals surface area contributed by atoms with E-state index in [1.54, 1.807) is 0 Å². The number of methoxy groups -OCH3 is 2. The van der Waals surface area contributed by atoms with Gasteiger partial charge in [0.15, 0.2) is 11.6 Å². The van der Waals surface area contributed by atoms with Crippen LogP contribution in [0.4, 0.5) is 13.2 Å². The summed E-state index contributed by atoms with van der Waals surface area (Å²) in [4.78, 5) is 8.61. The van der Waals surface area contributed by atoms with Crippen molar-refractivity contribution in [2.24, 2.45) is 0 Å². The fourth-order valence-electron chi connectivity index (χ4n) is 2.13. The molecule has 0 fully saturated rings. The highest BCUT2D eigenvalue weighted by atomic mass is 19.2. The topological polar surface area (TPSA) is 44.2 Å². The van der Waals surface area contributed by atoms with E-state index in [9.17, 15) is 13.2 Å². The van der Waals surface area contributed by atoms with Crippen molar-refractivity contribution in [1.82, 2.24) is 9.97 Å². The van der Waals surface area contributed by atoms with Crippen LogP contribution < -0.4 is 9.47 Å². The molecule has 0 N–H and O–H groups in total. The van der Waals surface area contributed by atoms with Crippen molar-refractivity contribution < 1.29 is 22.6 Å². The minimum atomic E-state index is -1.24.